The molecule has 12 heteroatoms. The smallest absolute Gasteiger partial charge is 0.204 e. The zero-order valence-corrected chi connectivity index (χ0v) is 25.2. The van der Waals surface area contributed by atoms with Crippen LogP contribution in [0.25, 0.3) is 22.3 Å². The van der Waals surface area contributed by atoms with E-state index in [9.17, 15) is 26.3 Å². The number of hydrogen-bond donors (Lipinski definition) is 0. The monoisotopic (exact) mass is 624 g/mol. The third-order valence-corrected chi connectivity index (χ3v) is 7.59. The average molecular weight is 625 g/mol. The van der Waals surface area contributed by atoms with Crippen LogP contribution in [0.5, 0.6) is 34.5 Å². The fourth-order valence-corrected chi connectivity index (χ4v) is 5.77. The van der Waals surface area contributed by atoms with Crippen molar-refractivity contribution in [2.45, 2.75) is 26.2 Å². The fraction of sp³-hybridized carbons (Fsp3) is 0.312. The van der Waals surface area contributed by atoms with Crippen molar-refractivity contribution in [3.05, 3.63) is 69.8 Å². The molecule has 0 bridgehead atoms. The highest BCUT2D eigenvalue weighted by molar-refractivity contribution is 5.95. The van der Waals surface area contributed by atoms with Gasteiger partial charge in [0.2, 0.25) is 11.5 Å². The normalized spacial score (nSPS) is 14.8. The third-order valence-electron chi connectivity index (χ3n) is 7.59. The molecule has 1 aliphatic carbocycles. The van der Waals surface area contributed by atoms with E-state index in [4.69, 9.17) is 28.4 Å². The van der Waals surface area contributed by atoms with Crippen molar-refractivity contribution < 1.29 is 54.8 Å². The van der Waals surface area contributed by atoms with Gasteiger partial charge in [-0.1, -0.05) is 0 Å². The van der Waals surface area contributed by atoms with Gasteiger partial charge in [0.1, 0.15) is 5.83 Å². The van der Waals surface area contributed by atoms with Crippen molar-refractivity contribution in [3.8, 4) is 56.8 Å². The molecule has 1 unspecified atom stereocenters. The van der Waals surface area contributed by atoms with Crippen LogP contribution < -0.4 is 28.4 Å². The van der Waals surface area contributed by atoms with Gasteiger partial charge in [0.25, 0.3) is 0 Å². The van der Waals surface area contributed by atoms with Crippen LogP contribution in [-0.4, -0.2) is 42.7 Å². The summed E-state index contributed by atoms with van der Waals surface area (Å²) < 4.78 is 120. The van der Waals surface area contributed by atoms with E-state index < -0.39 is 47.3 Å². The molecule has 0 radical (unpaired) electrons. The Bertz CT molecular complexity index is 1670. The summed E-state index contributed by atoms with van der Waals surface area (Å²) in [6.45, 7) is 3.22. The predicted octanol–water partition coefficient (Wildman–Crippen LogP) is 8.60. The maximum atomic E-state index is 14.6. The molecule has 0 heterocycles. The van der Waals surface area contributed by atoms with Crippen molar-refractivity contribution in [2.24, 2.45) is 0 Å². The van der Waals surface area contributed by atoms with E-state index in [2.05, 4.69) is 0 Å². The molecule has 0 spiro atoms. The maximum Gasteiger partial charge on any atom is 0.204 e. The highest BCUT2D eigenvalue weighted by atomic mass is 19.2. The zero-order valence-electron chi connectivity index (χ0n) is 25.2. The Morgan fingerprint density at radius 1 is 0.568 bits per heavy atom. The molecule has 44 heavy (non-hydrogen) atoms. The number of halogens is 6. The van der Waals surface area contributed by atoms with Crippen LogP contribution in [0.4, 0.5) is 26.3 Å². The van der Waals surface area contributed by atoms with Crippen molar-refractivity contribution in [2.75, 3.05) is 42.7 Å². The Balaban J connectivity index is 2.25. The molecule has 0 amide bonds. The van der Waals surface area contributed by atoms with Gasteiger partial charge in [-0.25, -0.2) is 26.3 Å². The molecule has 1 atom stereocenters. The summed E-state index contributed by atoms with van der Waals surface area (Å²) in [7, 11) is 7.98. The van der Waals surface area contributed by atoms with Gasteiger partial charge in [-0.3, -0.25) is 0 Å². The van der Waals surface area contributed by atoms with Crippen LogP contribution in [0.2, 0.25) is 0 Å². The minimum absolute atomic E-state index is 0.00758. The molecule has 0 saturated carbocycles. The van der Waals surface area contributed by atoms with Crippen LogP contribution in [0, 0.1) is 31.3 Å². The summed E-state index contributed by atoms with van der Waals surface area (Å²) >= 11 is 0. The summed E-state index contributed by atoms with van der Waals surface area (Å²) in [5.41, 5.74) is 1.47. The standard InChI is InChI=1S/C32H30F6O6/c1-13-21(15-9-17(33)25(37)18(34)10-15)27(39-3)31(43-7)29(41-5)23(13)24-14(2)22(16-11-19(35)26(38)20(36)12-16)28(40-4)32(44-8)30(24)42-6/h9-11,16H,12H2,1-8H3. The van der Waals surface area contributed by atoms with Gasteiger partial charge in [-0.15, -0.1) is 0 Å². The second-order valence-corrected chi connectivity index (χ2v) is 9.79. The molecule has 3 aromatic carbocycles. The SMILES string of the molecule is COc1c(OC)c(-c2cc(F)c(F)c(F)c2)c(C)c(-c2c(C)c(C3C=C(F)C(F)=C(F)C3)c(OC)c(OC)c2OC)c1OC. The fourth-order valence-electron chi connectivity index (χ4n) is 5.77. The largest absolute Gasteiger partial charge is 0.492 e. The second kappa shape index (κ2) is 12.6. The molecule has 0 fully saturated rings. The average Bonchev–Trinajstić information content (AvgIpc) is 3.00. The third kappa shape index (κ3) is 5.05. The Morgan fingerprint density at radius 2 is 1.00 bits per heavy atom. The number of ether oxygens (including phenoxy) is 6. The highest BCUT2D eigenvalue weighted by Crippen LogP contribution is 2.59. The van der Waals surface area contributed by atoms with E-state index in [1.165, 1.54) is 42.7 Å². The number of benzene rings is 3. The topological polar surface area (TPSA) is 55.4 Å². The molecule has 6 nitrogen and oxygen atoms in total. The summed E-state index contributed by atoms with van der Waals surface area (Å²) in [4.78, 5) is 0. The van der Waals surface area contributed by atoms with Crippen molar-refractivity contribution >= 4 is 0 Å². The lowest BCUT2D eigenvalue weighted by Gasteiger charge is -2.29. The first-order valence-electron chi connectivity index (χ1n) is 13.1. The Hall–Kier alpha value is -4.48. The summed E-state index contributed by atoms with van der Waals surface area (Å²) in [5, 5.41) is 0. The molecular weight excluding hydrogens is 594 g/mol. The molecule has 0 aromatic heterocycles. The summed E-state index contributed by atoms with van der Waals surface area (Å²) in [6.07, 6.45) is 0.417. The first-order valence-corrected chi connectivity index (χ1v) is 13.1. The Labute approximate surface area is 250 Å². The highest BCUT2D eigenvalue weighted by Gasteiger charge is 2.36. The van der Waals surface area contributed by atoms with E-state index >= 15 is 0 Å². The molecular formula is C32H30F6O6. The van der Waals surface area contributed by atoms with Gasteiger partial charge < -0.3 is 28.4 Å². The van der Waals surface area contributed by atoms with Crippen LogP contribution in [0.15, 0.2) is 35.7 Å². The number of rotatable bonds is 9. The van der Waals surface area contributed by atoms with Gasteiger partial charge in [-0.05, 0) is 48.7 Å². The Morgan fingerprint density at radius 3 is 1.45 bits per heavy atom. The molecule has 1 aliphatic rings. The van der Waals surface area contributed by atoms with E-state index in [1.807, 2.05) is 0 Å². The van der Waals surface area contributed by atoms with Crippen molar-refractivity contribution in [1.29, 1.82) is 0 Å². The van der Waals surface area contributed by atoms with Gasteiger partial charge >= 0.3 is 0 Å². The minimum Gasteiger partial charge on any atom is -0.492 e. The van der Waals surface area contributed by atoms with Crippen LogP contribution in [0.1, 0.15) is 29.0 Å². The lowest BCUT2D eigenvalue weighted by atomic mass is 9.81. The molecule has 3 aromatic rings. The number of allylic oxidation sites excluding steroid dienone is 4. The summed E-state index contributed by atoms with van der Waals surface area (Å²) in [6, 6.07) is 1.62. The number of hydrogen-bond acceptors (Lipinski definition) is 6. The van der Waals surface area contributed by atoms with Gasteiger partial charge in [0.05, 0.1) is 42.7 Å². The first-order chi connectivity index (χ1) is 20.9. The number of methoxy groups -OCH3 is 6. The van der Waals surface area contributed by atoms with Gasteiger partial charge in [0.15, 0.2) is 52.1 Å². The molecule has 0 saturated heterocycles. The van der Waals surface area contributed by atoms with Gasteiger partial charge in [0, 0.05) is 34.6 Å². The van der Waals surface area contributed by atoms with E-state index in [-0.39, 0.29) is 62.3 Å². The molecule has 4 rings (SSSR count). The minimum atomic E-state index is -1.65. The van der Waals surface area contributed by atoms with Gasteiger partial charge in [-0.2, -0.15) is 0 Å². The van der Waals surface area contributed by atoms with E-state index in [0.29, 0.717) is 11.1 Å². The quantitative estimate of drug-likeness (QED) is 0.176. The van der Waals surface area contributed by atoms with Crippen molar-refractivity contribution in [3.63, 3.8) is 0 Å². The van der Waals surface area contributed by atoms with Crippen LogP contribution in [-0.2, 0) is 0 Å². The second-order valence-electron chi connectivity index (χ2n) is 9.79. The van der Waals surface area contributed by atoms with Crippen LogP contribution >= 0.6 is 0 Å². The predicted molar refractivity (Wildman–Crippen MR) is 152 cm³/mol. The van der Waals surface area contributed by atoms with E-state index in [1.54, 1.807) is 13.8 Å². The van der Waals surface area contributed by atoms with E-state index in [0.717, 1.165) is 18.2 Å². The Kier molecular flexibility index (Phi) is 9.31. The molecule has 0 N–H and O–H groups in total. The zero-order chi connectivity index (χ0) is 32.6. The lowest BCUT2D eigenvalue weighted by molar-refractivity contribution is 0.319. The lowest BCUT2D eigenvalue weighted by Crippen LogP contribution is -2.11. The van der Waals surface area contributed by atoms with Crippen LogP contribution in [0.3, 0.4) is 0 Å². The first kappa shape index (κ1) is 32.4. The van der Waals surface area contributed by atoms with Crippen molar-refractivity contribution in [1.82, 2.24) is 0 Å². The maximum absolute atomic E-state index is 14.6. The molecule has 0 aliphatic heterocycles. The summed E-state index contributed by atoms with van der Waals surface area (Å²) in [5.74, 6) is -9.48. The molecule has 236 valence electrons.